The van der Waals surface area contributed by atoms with Crippen LogP contribution in [0.4, 0.5) is 5.69 Å². The quantitative estimate of drug-likeness (QED) is 0.774. The molecule has 104 valence electrons. The van der Waals surface area contributed by atoms with Crippen LogP contribution in [-0.4, -0.2) is 24.3 Å². The molecule has 0 radical (unpaired) electrons. The van der Waals surface area contributed by atoms with Crippen molar-refractivity contribution in [3.05, 3.63) is 29.8 Å². The first-order valence-electron chi connectivity index (χ1n) is 6.54. The van der Waals surface area contributed by atoms with Crippen molar-refractivity contribution < 1.29 is 9.59 Å². The molecule has 4 nitrogen and oxygen atoms in total. The molecule has 0 spiro atoms. The summed E-state index contributed by atoms with van der Waals surface area (Å²) in [6.45, 7) is 7.89. The molecule has 0 unspecified atom stereocenters. The Morgan fingerprint density at radius 3 is 2.16 bits per heavy atom. The van der Waals surface area contributed by atoms with Gasteiger partial charge in [-0.2, -0.15) is 0 Å². The minimum absolute atomic E-state index is 0.0307. The molecule has 19 heavy (non-hydrogen) atoms. The molecule has 1 aromatic rings. The largest absolute Gasteiger partial charge is 0.376 e. The molecular weight excluding hydrogens is 240 g/mol. The van der Waals surface area contributed by atoms with E-state index in [-0.39, 0.29) is 24.3 Å². The van der Waals surface area contributed by atoms with Crippen LogP contribution in [0.15, 0.2) is 24.3 Å². The van der Waals surface area contributed by atoms with E-state index in [0.29, 0.717) is 11.5 Å². The van der Waals surface area contributed by atoms with E-state index in [1.807, 2.05) is 6.92 Å². The normalized spacial score (nSPS) is 12.1. The maximum Gasteiger partial charge on any atom is 0.239 e. The van der Waals surface area contributed by atoms with Crippen LogP contribution < -0.4 is 10.6 Å². The van der Waals surface area contributed by atoms with Gasteiger partial charge in [-0.1, -0.05) is 13.8 Å². The van der Waals surface area contributed by atoms with Crippen LogP contribution in [0.5, 0.6) is 0 Å². The number of benzene rings is 1. The average molecular weight is 262 g/mol. The summed E-state index contributed by atoms with van der Waals surface area (Å²) < 4.78 is 0. The number of hydrogen-bond acceptors (Lipinski definition) is 3. The Morgan fingerprint density at radius 1 is 1.11 bits per heavy atom. The predicted molar refractivity (Wildman–Crippen MR) is 77.4 cm³/mol. The van der Waals surface area contributed by atoms with Gasteiger partial charge in [0.05, 0.1) is 6.54 Å². The second kappa shape index (κ2) is 6.92. The highest BCUT2D eigenvalue weighted by molar-refractivity contribution is 5.94. The Hall–Kier alpha value is -1.84. The summed E-state index contributed by atoms with van der Waals surface area (Å²) >= 11 is 0. The van der Waals surface area contributed by atoms with Gasteiger partial charge in [0.1, 0.15) is 0 Å². The summed E-state index contributed by atoms with van der Waals surface area (Å²) in [5.41, 5.74) is 1.50. The lowest BCUT2D eigenvalue weighted by molar-refractivity contribution is -0.120. The third-order valence-electron chi connectivity index (χ3n) is 3.13. The van der Waals surface area contributed by atoms with Gasteiger partial charge >= 0.3 is 0 Å². The number of nitrogens with one attached hydrogen (secondary N) is 2. The zero-order chi connectivity index (χ0) is 14.4. The molecule has 0 fully saturated rings. The van der Waals surface area contributed by atoms with Crippen LogP contribution in [0.25, 0.3) is 0 Å². The lowest BCUT2D eigenvalue weighted by atomic mass is 10.1. The second-order valence-electron chi connectivity index (χ2n) is 5.09. The highest BCUT2D eigenvalue weighted by atomic mass is 16.2. The average Bonchev–Trinajstić information content (AvgIpc) is 2.36. The zero-order valence-corrected chi connectivity index (χ0v) is 12.0. The van der Waals surface area contributed by atoms with Crippen LogP contribution in [0.2, 0.25) is 0 Å². The Labute approximate surface area is 114 Å². The van der Waals surface area contributed by atoms with Crippen LogP contribution in [0.1, 0.15) is 38.1 Å². The predicted octanol–water partition coefficient (Wildman–Crippen LogP) is 2.46. The minimum Gasteiger partial charge on any atom is -0.376 e. The smallest absolute Gasteiger partial charge is 0.239 e. The van der Waals surface area contributed by atoms with Gasteiger partial charge < -0.3 is 10.6 Å². The standard InChI is InChI=1S/C15H22N2O2/c1-10(2)11(3)17-15(19)9-16-14-7-5-13(6-8-14)12(4)18/h5-8,10-11,16H,9H2,1-4H3,(H,17,19)/t11-/m0/s1. The molecule has 0 heterocycles. The Kier molecular flexibility index (Phi) is 5.55. The lowest BCUT2D eigenvalue weighted by Gasteiger charge is -2.17. The van der Waals surface area contributed by atoms with Gasteiger partial charge in [-0.05, 0) is 44.0 Å². The van der Waals surface area contributed by atoms with Crippen LogP contribution in [0.3, 0.4) is 0 Å². The summed E-state index contributed by atoms with van der Waals surface area (Å²) in [5, 5.41) is 5.96. The molecule has 0 saturated heterocycles. The number of hydrogen-bond donors (Lipinski definition) is 2. The summed E-state index contributed by atoms with van der Waals surface area (Å²) in [6, 6.07) is 7.26. The van der Waals surface area contributed by atoms with Gasteiger partial charge in [-0.25, -0.2) is 0 Å². The summed E-state index contributed by atoms with van der Waals surface area (Å²) in [5.74, 6) is 0.422. The SMILES string of the molecule is CC(=O)c1ccc(NCC(=O)N[C@@H](C)C(C)C)cc1. The van der Waals surface area contributed by atoms with Crippen LogP contribution in [-0.2, 0) is 4.79 Å². The number of rotatable bonds is 6. The maximum absolute atomic E-state index is 11.7. The Morgan fingerprint density at radius 2 is 1.68 bits per heavy atom. The van der Waals surface area contributed by atoms with Gasteiger partial charge in [0, 0.05) is 17.3 Å². The van der Waals surface area contributed by atoms with Crippen molar-refractivity contribution in [2.45, 2.75) is 33.7 Å². The molecule has 2 N–H and O–H groups in total. The van der Waals surface area contributed by atoms with Gasteiger partial charge in [0.2, 0.25) is 5.91 Å². The van der Waals surface area contributed by atoms with Gasteiger partial charge in [-0.15, -0.1) is 0 Å². The molecule has 4 heteroatoms. The van der Waals surface area contributed by atoms with E-state index in [2.05, 4.69) is 24.5 Å². The van der Waals surface area contributed by atoms with Gasteiger partial charge in [0.25, 0.3) is 0 Å². The molecular formula is C15H22N2O2. The van der Waals surface area contributed by atoms with Crippen molar-refractivity contribution >= 4 is 17.4 Å². The zero-order valence-electron chi connectivity index (χ0n) is 12.0. The van der Waals surface area contributed by atoms with E-state index in [1.165, 1.54) is 6.92 Å². The van der Waals surface area contributed by atoms with E-state index in [0.717, 1.165) is 5.69 Å². The van der Waals surface area contributed by atoms with Crippen LogP contribution >= 0.6 is 0 Å². The minimum atomic E-state index is -0.0307. The van der Waals surface area contributed by atoms with E-state index >= 15 is 0 Å². The Bertz CT molecular complexity index is 438. The van der Waals surface area contributed by atoms with Crippen molar-refractivity contribution in [3.8, 4) is 0 Å². The molecule has 0 bridgehead atoms. The number of carbonyl (C=O) groups is 2. The van der Waals surface area contributed by atoms with Crippen molar-refractivity contribution in [1.29, 1.82) is 0 Å². The first-order chi connectivity index (χ1) is 8.90. The van der Waals surface area contributed by atoms with Crippen molar-refractivity contribution in [2.24, 2.45) is 5.92 Å². The van der Waals surface area contributed by atoms with Crippen LogP contribution in [0, 0.1) is 5.92 Å². The summed E-state index contributed by atoms with van der Waals surface area (Å²) in [7, 11) is 0. The fourth-order valence-corrected chi connectivity index (χ4v) is 1.48. The number of anilines is 1. The molecule has 1 aromatic carbocycles. The topological polar surface area (TPSA) is 58.2 Å². The number of amides is 1. The third kappa shape index (κ3) is 5.12. The monoisotopic (exact) mass is 262 g/mol. The number of Topliss-reactive ketones (excluding diaryl/α,β-unsaturated/α-hetero) is 1. The maximum atomic E-state index is 11.7. The molecule has 0 aliphatic rings. The van der Waals surface area contributed by atoms with Crippen molar-refractivity contribution in [2.75, 3.05) is 11.9 Å². The van der Waals surface area contributed by atoms with Gasteiger partial charge in [0.15, 0.2) is 5.78 Å². The van der Waals surface area contributed by atoms with Crippen molar-refractivity contribution in [1.82, 2.24) is 5.32 Å². The molecule has 0 aliphatic heterocycles. The molecule has 0 aromatic heterocycles. The fraction of sp³-hybridized carbons (Fsp3) is 0.467. The Balaban J connectivity index is 2.44. The molecule has 1 amide bonds. The molecule has 0 aliphatic carbocycles. The second-order valence-corrected chi connectivity index (χ2v) is 5.09. The lowest BCUT2D eigenvalue weighted by Crippen LogP contribution is -2.39. The summed E-state index contributed by atoms with van der Waals surface area (Å²) in [4.78, 5) is 22.8. The van der Waals surface area contributed by atoms with E-state index in [1.54, 1.807) is 24.3 Å². The van der Waals surface area contributed by atoms with E-state index in [4.69, 9.17) is 0 Å². The highest BCUT2D eigenvalue weighted by Gasteiger charge is 2.10. The van der Waals surface area contributed by atoms with Crippen molar-refractivity contribution in [3.63, 3.8) is 0 Å². The first-order valence-corrected chi connectivity index (χ1v) is 6.54. The number of ketones is 1. The van der Waals surface area contributed by atoms with Gasteiger partial charge in [-0.3, -0.25) is 9.59 Å². The van der Waals surface area contributed by atoms with E-state index < -0.39 is 0 Å². The van der Waals surface area contributed by atoms with E-state index in [9.17, 15) is 9.59 Å². The fourth-order valence-electron chi connectivity index (χ4n) is 1.48. The molecule has 0 saturated carbocycles. The first kappa shape index (κ1) is 15.2. The number of carbonyl (C=O) groups excluding carboxylic acids is 2. The highest BCUT2D eigenvalue weighted by Crippen LogP contribution is 2.09. The molecule has 1 rings (SSSR count). The third-order valence-corrected chi connectivity index (χ3v) is 3.13. The molecule has 1 atom stereocenters. The summed E-state index contributed by atoms with van der Waals surface area (Å²) in [6.07, 6.45) is 0.